The summed E-state index contributed by atoms with van der Waals surface area (Å²) in [6.45, 7) is 0. The van der Waals surface area contributed by atoms with E-state index in [1.807, 2.05) is 0 Å². The molecule has 1 heterocycles. The van der Waals surface area contributed by atoms with Crippen LogP contribution in [0.15, 0.2) is 16.5 Å². The van der Waals surface area contributed by atoms with E-state index >= 15 is 0 Å². The topological polar surface area (TPSA) is 82.3 Å². The maximum Gasteiger partial charge on any atom is 0.433 e. The second-order valence-corrected chi connectivity index (χ2v) is 2.94. The largest absolute Gasteiger partial charge is 0.433 e. The summed E-state index contributed by atoms with van der Waals surface area (Å²) in [5.74, 6) is 0.622. The Kier molecular flexibility index (Phi) is 1.41. The maximum absolute atomic E-state index is 10.2. The van der Waals surface area contributed by atoms with E-state index in [-0.39, 0.29) is 17.8 Å². The average molecular weight is 168 g/mol. The number of furan rings is 1. The number of nitrogens with zero attached hydrogens (tertiary/aromatic N) is 1. The van der Waals surface area contributed by atoms with Gasteiger partial charge in [0.2, 0.25) is 0 Å². The Morgan fingerprint density at radius 1 is 1.67 bits per heavy atom. The Morgan fingerprint density at radius 3 is 2.75 bits per heavy atom. The van der Waals surface area contributed by atoms with Crippen LogP contribution in [0.4, 0.5) is 5.88 Å². The van der Waals surface area contributed by atoms with Gasteiger partial charge >= 0.3 is 5.88 Å². The Bertz CT molecular complexity index is 320. The van der Waals surface area contributed by atoms with Gasteiger partial charge in [0.15, 0.2) is 0 Å². The summed E-state index contributed by atoms with van der Waals surface area (Å²) < 4.78 is 4.96. The molecule has 0 aromatic carbocycles. The third kappa shape index (κ3) is 1.08. The molecule has 5 heteroatoms. The van der Waals surface area contributed by atoms with E-state index in [9.17, 15) is 10.1 Å². The normalized spacial score (nSPS) is 27.1. The molecule has 12 heavy (non-hydrogen) atoms. The predicted octanol–water partition coefficient (Wildman–Crippen LogP) is 1.00. The van der Waals surface area contributed by atoms with Crippen LogP contribution in [0, 0.1) is 10.1 Å². The number of hydrogen-bond acceptors (Lipinski definition) is 4. The first kappa shape index (κ1) is 7.30. The molecular formula is C7H8N2O3. The smallest absolute Gasteiger partial charge is 0.405 e. The lowest BCUT2D eigenvalue weighted by Gasteiger charge is -1.87. The fourth-order valence-electron chi connectivity index (χ4n) is 1.18. The summed E-state index contributed by atoms with van der Waals surface area (Å²) in [7, 11) is 0. The van der Waals surface area contributed by atoms with Crippen LogP contribution in [0.2, 0.25) is 0 Å². The van der Waals surface area contributed by atoms with Gasteiger partial charge in [-0.1, -0.05) is 0 Å². The molecule has 1 aliphatic carbocycles. The van der Waals surface area contributed by atoms with Gasteiger partial charge in [0.25, 0.3) is 0 Å². The van der Waals surface area contributed by atoms with Crippen LogP contribution >= 0.6 is 0 Å². The summed E-state index contributed by atoms with van der Waals surface area (Å²) in [4.78, 5) is 9.68. The third-order valence-corrected chi connectivity index (χ3v) is 2.00. The first-order valence-electron chi connectivity index (χ1n) is 3.68. The molecule has 1 fully saturated rings. The molecule has 2 N–H and O–H groups in total. The molecule has 0 spiro atoms. The lowest BCUT2D eigenvalue weighted by Crippen LogP contribution is -2.00. The zero-order valence-electron chi connectivity index (χ0n) is 6.27. The first-order valence-corrected chi connectivity index (χ1v) is 3.68. The van der Waals surface area contributed by atoms with Crippen molar-refractivity contribution in [2.45, 2.75) is 18.4 Å². The van der Waals surface area contributed by atoms with Crippen LogP contribution < -0.4 is 5.73 Å². The highest BCUT2D eigenvalue weighted by molar-refractivity contribution is 5.25. The van der Waals surface area contributed by atoms with Crippen LogP contribution in [0.5, 0.6) is 0 Å². The minimum atomic E-state index is -0.544. The van der Waals surface area contributed by atoms with Gasteiger partial charge in [-0.25, -0.2) is 0 Å². The van der Waals surface area contributed by atoms with Crippen LogP contribution in [-0.2, 0) is 0 Å². The van der Waals surface area contributed by atoms with Gasteiger partial charge in [-0.15, -0.1) is 0 Å². The van der Waals surface area contributed by atoms with Gasteiger partial charge < -0.3 is 10.2 Å². The molecule has 2 unspecified atom stereocenters. The van der Waals surface area contributed by atoms with E-state index in [0.29, 0.717) is 5.76 Å². The van der Waals surface area contributed by atoms with Gasteiger partial charge in [-0.05, 0) is 12.5 Å². The molecule has 1 aromatic heterocycles. The first-order chi connectivity index (χ1) is 5.68. The molecule has 1 saturated carbocycles. The SMILES string of the molecule is NC1CC1c1ccc([N+](=O)[O-])o1. The van der Waals surface area contributed by atoms with E-state index in [1.54, 1.807) is 6.07 Å². The minimum absolute atomic E-state index is 0.121. The highest BCUT2D eigenvalue weighted by atomic mass is 16.6. The molecule has 1 aliphatic rings. The molecule has 2 atom stereocenters. The summed E-state index contributed by atoms with van der Waals surface area (Å²) in [6, 6.07) is 3.10. The maximum atomic E-state index is 10.2. The molecule has 0 amide bonds. The molecule has 64 valence electrons. The second kappa shape index (κ2) is 2.31. The van der Waals surface area contributed by atoms with Crippen molar-refractivity contribution in [3.8, 4) is 0 Å². The molecule has 1 aromatic rings. The van der Waals surface area contributed by atoms with Crippen molar-refractivity contribution in [2.24, 2.45) is 5.73 Å². The van der Waals surface area contributed by atoms with Gasteiger partial charge in [0.1, 0.15) is 10.7 Å². The molecule has 0 bridgehead atoms. The molecule has 5 nitrogen and oxygen atoms in total. The Labute approximate surface area is 68.3 Å². The number of hydrogen-bond donors (Lipinski definition) is 1. The Morgan fingerprint density at radius 2 is 2.33 bits per heavy atom. The molecule has 0 saturated heterocycles. The van der Waals surface area contributed by atoms with E-state index in [4.69, 9.17) is 10.2 Å². The standard InChI is InChI=1S/C7H8N2O3/c8-5-3-4(5)6-1-2-7(12-6)9(10)11/h1-2,4-5H,3,8H2. The third-order valence-electron chi connectivity index (χ3n) is 2.00. The molecule has 2 rings (SSSR count). The summed E-state index contributed by atoms with van der Waals surface area (Å²) in [5, 5.41) is 10.2. The van der Waals surface area contributed by atoms with Gasteiger partial charge in [0.05, 0.1) is 6.07 Å². The van der Waals surface area contributed by atoms with Gasteiger partial charge in [-0.2, -0.15) is 0 Å². The number of rotatable bonds is 2. The zero-order valence-corrected chi connectivity index (χ0v) is 6.27. The predicted molar refractivity (Wildman–Crippen MR) is 40.7 cm³/mol. The van der Waals surface area contributed by atoms with E-state index in [2.05, 4.69) is 0 Å². The van der Waals surface area contributed by atoms with E-state index in [1.165, 1.54) is 6.07 Å². The zero-order chi connectivity index (χ0) is 8.72. The second-order valence-electron chi connectivity index (χ2n) is 2.94. The van der Waals surface area contributed by atoms with Crippen LogP contribution in [-0.4, -0.2) is 11.0 Å². The quantitative estimate of drug-likeness (QED) is 0.527. The molecule has 0 radical (unpaired) electrons. The lowest BCUT2D eigenvalue weighted by molar-refractivity contribution is -0.402. The monoisotopic (exact) mass is 168 g/mol. The summed E-state index contributed by atoms with van der Waals surface area (Å²) >= 11 is 0. The summed E-state index contributed by atoms with van der Waals surface area (Å²) in [6.07, 6.45) is 0.866. The van der Waals surface area contributed by atoms with Crippen molar-refractivity contribution < 1.29 is 9.34 Å². The van der Waals surface area contributed by atoms with Crippen molar-refractivity contribution in [1.29, 1.82) is 0 Å². The highest BCUT2D eigenvalue weighted by Crippen LogP contribution is 2.40. The van der Waals surface area contributed by atoms with E-state index in [0.717, 1.165) is 6.42 Å². The fraction of sp³-hybridized carbons (Fsp3) is 0.429. The van der Waals surface area contributed by atoms with Gasteiger partial charge in [0, 0.05) is 12.0 Å². The van der Waals surface area contributed by atoms with Gasteiger partial charge in [-0.3, -0.25) is 10.1 Å². The lowest BCUT2D eigenvalue weighted by atomic mass is 10.3. The van der Waals surface area contributed by atoms with Crippen LogP contribution in [0.1, 0.15) is 18.1 Å². The van der Waals surface area contributed by atoms with Crippen molar-refractivity contribution in [1.82, 2.24) is 0 Å². The van der Waals surface area contributed by atoms with Crippen molar-refractivity contribution in [2.75, 3.05) is 0 Å². The number of nitro groups is 1. The Hall–Kier alpha value is -1.36. The number of nitrogens with two attached hydrogens (primary N) is 1. The molecule has 0 aliphatic heterocycles. The van der Waals surface area contributed by atoms with E-state index < -0.39 is 4.92 Å². The van der Waals surface area contributed by atoms with Crippen LogP contribution in [0.3, 0.4) is 0 Å². The Balaban J connectivity index is 2.19. The highest BCUT2D eigenvalue weighted by Gasteiger charge is 2.38. The van der Waals surface area contributed by atoms with Crippen molar-refractivity contribution >= 4 is 5.88 Å². The average Bonchev–Trinajstić information content (AvgIpc) is 2.59. The van der Waals surface area contributed by atoms with Crippen molar-refractivity contribution in [3.05, 3.63) is 28.0 Å². The summed E-state index contributed by atoms with van der Waals surface area (Å²) in [5.41, 5.74) is 5.55. The van der Waals surface area contributed by atoms with Crippen LogP contribution in [0.25, 0.3) is 0 Å². The minimum Gasteiger partial charge on any atom is -0.405 e. The molecular weight excluding hydrogens is 160 g/mol. The fourth-order valence-corrected chi connectivity index (χ4v) is 1.18. The van der Waals surface area contributed by atoms with Crippen molar-refractivity contribution in [3.63, 3.8) is 0 Å².